The van der Waals surface area contributed by atoms with Gasteiger partial charge < -0.3 is 9.47 Å². The Hall–Kier alpha value is -2.21. The highest BCUT2D eigenvalue weighted by atomic mass is 32.2. The first-order valence-corrected chi connectivity index (χ1v) is 9.16. The summed E-state index contributed by atoms with van der Waals surface area (Å²) in [5, 5.41) is 0. The molecule has 0 bridgehead atoms. The van der Waals surface area contributed by atoms with Gasteiger partial charge in [0.25, 0.3) is 10.0 Å². The average molecular weight is 349 g/mol. The van der Waals surface area contributed by atoms with Crippen molar-refractivity contribution in [1.82, 2.24) is 0 Å². The van der Waals surface area contributed by atoms with Crippen molar-refractivity contribution in [1.29, 1.82) is 0 Å². The van der Waals surface area contributed by atoms with E-state index in [9.17, 15) is 8.42 Å². The van der Waals surface area contributed by atoms with Gasteiger partial charge in [-0.05, 0) is 63.1 Å². The zero-order valence-electron chi connectivity index (χ0n) is 14.6. The first kappa shape index (κ1) is 18.1. The van der Waals surface area contributed by atoms with Crippen LogP contribution in [0, 0.1) is 13.8 Å². The predicted octanol–water partition coefficient (Wildman–Crippen LogP) is 3.90. The van der Waals surface area contributed by atoms with Crippen LogP contribution >= 0.6 is 0 Å². The standard InChI is InChI=1S/C18H23NO4S/c1-12(2)23-16-8-6-7-15(11-16)19-24(20,21)18-10-9-17(22-5)13(3)14(18)4/h6-12,19H,1-5H3. The average Bonchev–Trinajstić information content (AvgIpc) is 2.49. The number of hydrogen-bond acceptors (Lipinski definition) is 4. The largest absolute Gasteiger partial charge is 0.496 e. The third-order valence-electron chi connectivity index (χ3n) is 3.66. The van der Waals surface area contributed by atoms with Crippen LogP contribution in [0.1, 0.15) is 25.0 Å². The van der Waals surface area contributed by atoms with Gasteiger partial charge in [-0.1, -0.05) is 6.07 Å². The van der Waals surface area contributed by atoms with E-state index in [1.807, 2.05) is 20.8 Å². The quantitative estimate of drug-likeness (QED) is 0.859. The smallest absolute Gasteiger partial charge is 0.262 e. The molecule has 1 N–H and O–H groups in total. The Morgan fingerprint density at radius 3 is 2.38 bits per heavy atom. The minimum absolute atomic E-state index is 0.0170. The van der Waals surface area contributed by atoms with Crippen LogP contribution in [0.15, 0.2) is 41.3 Å². The van der Waals surface area contributed by atoms with Crippen molar-refractivity contribution in [2.24, 2.45) is 0 Å². The Balaban J connectivity index is 2.34. The van der Waals surface area contributed by atoms with Crippen molar-refractivity contribution in [3.63, 3.8) is 0 Å². The van der Waals surface area contributed by atoms with Gasteiger partial charge in [0.1, 0.15) is 11.5 Å². The maximum Gasteiger partial charge on any atom is 0.262 e. The second-order valence-electron chi connectivity index (χ2n) is 5.82. The first-order valence-electron chi connectivity index (χ1n) is 7.68. The van der Waals surface area contributed by atoms with E-state index in [4.69, 9.17) is 9.47 Å². The SMILES string of the molecule is COc1ccc(S(=O)(=O)Nc2cccc(OC(C)C)c2)c(C)c1C. The summed E-state index contributed by atoms with van der Waals surface area (Å²) in [6.07, 6.45) is 0.0170. The molecule has 0 aliphatic heterocycles. The van der Waals surface area contributed by atoms with E-state index in [0.717, 1.165) is 5.56 Å². The van der Waals surface area contributed by atoms with E-state index < -0.39 is 10.0 Å². The summed E-state index contributed by atoms with van der Waals surface area (Å²) in [6, 6.07) is 10.1. The molecular formula is C18H23NO4S. The molecule has 0 saturated carbocycles. The molecule has 0 atom stereocenters. The number of benzene rings is 2. The van der Waals surface area contributed by atoms with Crippen molar-refractivity contribution in [3.8, 4) is 11.5 Å². The molecule has 2 aromatic carbocycles. The van der Waals surface area contributed by atoms with Gasteiger partial charge in [-0.25, -0.2) is 8.42 Å². The summed E-state index contributed by atoms with van der Waals surface area (Å²) in [7, 11) is -2.13. The van der Waals surface area contributed by atoms with Gasteiger partial charge in [0.15, 0.2) is 0 Å². The highest BCUT2D eigenvalue weighted by Gasteiger charge is 2.20. The third-order valence-corrected chi connectivity index (χ3v) is 5.18. The lowest BCUT2D eigenvalue weighted by atomic mass is 10.1. The van der Waals surface area contributed by atoms with Crippen LogP contribution in [0.2, 0.25) is 0 Å². The lowest BCUT2D eigenvalue weighted by molar-refractivity contribution is 0.242. The highest BCUT2D eigenvalue weighted by molar-refractivity contribution is 7.92. The van der Waals surface area contributed by atoms with Crippen LogP contribution in [0.4, 0.5) is 5.69 Å². The molecule has 0 aliphatic carbocycles. The molecule has 24 heavy (non-hydrogen) atoms. The fourth-order valence-electron chi connectivity index (χ4n) is 2.40. The molecule has 0 amide bonds. The second kappa shape index (κ2) is 7.13. The summed E-state index contributed by atoms with van der Waals surface area (Å²) in [5.74, 6) is 1.28. The molecule has 0 heterocycles. The molecule has 6 heteroatoms. The van der Waals surface area contributed by atoms with Crippen LogP contribution in [-0.4, -0.2) is 21.6 Å². The van der Waals surface area contributed by atoms with E-state index in [0.29, 0.717) is 22.7 Å². The molecule has 0 spiro atoms. The van der Waals surface area contributed by atoms with Gasteiger partial charge >= 0.3 is 0 Å². The molecule has 5 nitrogen and oxygen atoms in total. The molecule has 0 aliphatic rings. The van der Waals surface area contributed by atoms with Crippen LogP contribution in [0.25, 0.3) is 0 Å². The zero-order valence-corrected chi connectivity index (χ0v) is 15.4. The van der Waals surface area contributed by atoms with Gasteiger partial charge in [0.05, 0.1) is 23.8 Å². The van der Waals surface area contributed by atoms with Crippen LogP contribution in [-0.2, 0) is 10.0 Å². The highest BCUT2D eigenvalue weighted by Crippen LogP contribution is 2.28. The van der Waals surface area contributed by atoms with E-state index in [2.05, 4.69) is 4.72 Å². The molecule has 0 unspecified atom stereocenters. The van der Waals surface area contributed by atoms with Crippen molar-refractivity contribution in [2.75, 3.05) is 11.8 Å². The number of sulfonamides is 1. The van der Waals surface area contributed by atoms with Crippen molar-refractivity contribution in [2.45, 2.75) is 38.7 Å². The van der Waals surface area contributed by atoms with Crippen molar-refractivity contribution in [3.05, 3.63) is 47.5 Å². The molecule has 130 valence electrons. The zero-order chi connectivity index (χ0) is 17.9. The molecular weight excluding hydrogens is 326 g/mol. The molecule has 2 aromatic rings. The number of ether oxygens (including phenoxy) is 2. The summed E-state index contributed by atoms with van der Waals surface area (Å²) in [5.41, 5.74) is 1.93. The maximum atomic E-state index is 12.7. The maximum absolute atomic E-state index is 12.7. The number of nitrogens with one attached hydrogen (secondary N) is 1. The fraction of sp³-hybridized carbons (Fsp3) is 0.333. The minimum atomic E-state index is -3.70. The predicted molar refractivity (Wildman–Crippen MR) is 95.5 cm³/mol. The molecule has 2 rings (SSSR count). The van der Waals surface area contributed by atoms with Gasteiger partial charge in [-0.3, -0.25) is 4.72 Å². The summed E-state index contributed by atoms with van der Waals surface area (Å²) in [4.78, 5) is 0.232. The summed E-state index contributed by atoms with van der Waals surface area (Å²) in [6.45, 7) is 7.44. The summed E-state index contributed by atoms with van der Waals surface area (Å²) >= 11 is 0. The topological polar surface area (TPSA) is 64.6 Å². The Bertz CT molecular complexity index is 829. The Kier molecular flexibility index (Phi) is 5.39. The number of hydrogen-bond donors (Lipinski definition) is 1. The van der Waals surface area contributed by atoms with E-state index >= 15 is 0 Å². The monoisotopic (exact) mass is 349 g/mol. The van der Waals surface area contributed by atoms with Crippen LogP contribution in [0.5, 0.6) is 11.5 Å². The number of rotatable bonds is 6. The first-order chi connectivity index (χ1) is 11.2. The lowest BCUT2D eigenvalue weighted by Gasteiger charge is -2.15. The van der Waals surface area contributed by atoms with Crippen LogP contribution in [0.3, 0.4) is 0 Å². The molecule has 0 saturated heterocycles. The van der Waals surface area contributed by atoms with Crippen molar-refractivity contribution >= 4 is 15.7 Å². The van der Waals surface area contributed by atoms with Gasteiger partial charge in [0, 0.05) is 6.07 Å². The Labute approximate surface area is 143 Å². The van der Waals surface area contributed by atoms with Crippen molar-refractivity contribution < 1.29 is 17.9 Å². The normalized spacial score (nSPS) is 11.4. The molecule has 0 radical (unpaired) electrons. The molecule has 0 aromatic heterocycles. The summed E-state index contributed by atoms with van der Waals surface area (Å²) < 4.78 is 38.9. The lowest BCUT2D eigenvalue weighted by Crippen LogP contribution is -2.15. The third kappa shape index (κ3) is 4.00. The fourth-order valence-corrected chi connectivity index (χ4v) is 3.75. The minimum Gasteiger partial charge on any atom is -0.496 e. The number of methoxy groups -OCH3 is 1. The molecule has 0 fully saturated rings. The van der Waals surface area contributed by atoms with E-state index in [1.165, 1.54) is 0 Å². The second-order valence-corrected chi connectivity index (χ2v) is 7.47. The van der Waals surface area contributed by atoms with Gasteiger partial charge in [-0.15, -0.1) is 0 Å². The van der Waals surface area contributed by atoms with Gasteiger partial charge in [0.2, 0.25) is 0 Å². The van der Waals surface area contributed by atoms with E-state index in [1.54, 1.807) is 50.4 Å². The Morgan fingerprint density at radius 1 is 1.04 bits per heavy atom. The number of anilines is 1. The van der Waals surface area contributed by atoms with Crippen LogP contribution < -0.4 is 14.2 Å². The van der Waals surface area contributed by atoms with Gasteiger partial charge in [-0.2, -0.15) is 0 Å². The Morgan fingerprint density at radius 2 is 1.75 bits per heavy atom. The van der Waals surface area contributed by atoms with E-state index in [-0.39, 0.29) is 11.0 Å².